The van der Waals surface area contributed by atoms with Crippen molar-refractivity contribution in [1.29, 1.82) is 0 Å². The third-order valence-corrected chi connectivity index (χ3v) is 5.54. The van der Waals surface area contributed by atoms with Gasteiger partial charge in [0.25, 0.3) is 10.0 Å². The second-order valence-electron chi connectivity index (χ2n) is 5.00. The predicted octanol–water partition coefficient (Wildman–Crippen LogP) is 2.50. The van der Waals surface area contributed by atoms with Gasteiger partial charge in [0.05, 0.1) is 11.3 Å². The molecule has 2 aromatic rings. The van der Waals surface area contributed by atoms with Crippen molar-refractivity contribution in [1.82, 2.24) is 4.37 Å². The summed E-state index contributed by atoms with van der Waals surface area (Å²) in [5.41, 5.74) is 2.33. The number of nitrogens with one attached hydrogen (secondary N) is 1. The van der Waals surface area contributed by atoms with Crippen molar-refractivity contribution in [3.8, 4) is 0 Å². The Balaban J connectivity index is 2.57. The molecule has 0 saturated heterocycles. The molecule has 2 rings (SSSR count). The number of sulfonamides is 1. The van der Waals surface area contributed by atoms with Gasteiger partial charge in [-0.3, -0.25) is 9.52 Å². The molecule has 0 spiro atoms. The molecule has 0 atom stereocenters. The van der Waals surface area contributed by atoms with E-state index in [1.165, 1.54) is 0 Å². The summed E-state index contributed by atoms with van der Waals surface area (Å²) in [6.45, 7) is 5.11. The third kappa shape index (κ3) is 3.28. The molecule has 2 N–H and O–H groups in total. The SMILES string of the molecule is Cc1cc(C)c(S(=O)(=O)Nc2ccsn2)c(C)c1CC(=O)O. The van der Waals surface area contributed by atoms with Gasteiger partial charge in [0.15, 0.2) is 5.82 Å². The second kappa shape index (κ2) is 6.05. The Morgan fingerprint density at radius 3 is 2.55 bits per heavy atom. The van der Waals surface area contributed by atoms with Crippen LogP contribution in [0.2, 0.25) is 0 Å². The van der Waals surface area contributed by atoms with Crippen molar-refractivity contribution >= 4 is 33.3 Å². The standard InChI is InChI=1S/C14H16N2O4S2/c1-8-6-9(2)14(10(3)11(8)7-13(17)18)22(19,20)16-12-4-5-21-15-12/h4-6H,7H2,1-3H3,(H,15,16)(H,17,18). The summed E-state index contributed by atoms with van der Waals surface area (Å²) in [6, 6.07) is 3.26. The number of hydrogen-bond acceptors (Lipinski definition) is 5. The van der Waals surface area contributed by atoms with E-state index < -0.39 is 16.0 Å². The Labute approximate surface area is 133 Å². The van der Waals surface area contributed by atoms with Gasteiger partial charge in [-0.25, -0.2) is 8.42 Å². The van der Waals surface area contributed by atoms with Crippen LogP contribution in [0.1, 0.15) is 22.3 Å². The first kappa shape index (κ1) is 16.4. The third-order valence-electron chi connectivity index (χ3n) is 3.33. The summed E-state index contributed by atoms with van der Waals surface area (Å²) >= 11 is 1.14. The number of nitrogens with zero attached hydrogens (tertiary/aromatic N) is 1. The number of hydrogen-bond donors (Lipinski definition) is 2. The van der Waals surface area contributed by atoms with Gasteiger partial charge in [0.1, 0.15) is 0 Å². The first-order chi connectivity index (χ1) is 10.2. The molecule has 118 valence electrons. The zero-order valence-corrected chi connectivity index (χ0v) is 14.0. The summed E-state index contributed by atoms with van der Waals surface area (Å²) in [5, 5.41) is 10.7. The fourth-order valence-corrected chi connectivity index (χ4v) is 4.53. The van der Waals surface area contributed by atoms with E-state index in [9.17, 15) is 13.2 Å². The average Bonchev–Trinajstić information content (AvgIpc) is 2.85. The lowest BCUT2D eigenvalue weighted by Crippen LogP contribution is -2.18. The smallest absolute Gasteiger partial charge is 0.307 e. The van der Waals surface area contributed by atoms with Crippen LogP contribution in [0.5, 0.6) is 0 Å². The van der Waals surface area contributed by atoms with Crippen LogP contribution in [-0.4, -0.2) is 23.9 Å². The maximum Gasteiger partial charge on any atom is 0.307 e. The average molecular weight is 340 g/mol. The lowest BCUT2D eigenvalue weighted by atomic mass is 9.97. The minimum absolute atomic E-state index is 0.113. The number of aryl methyl sites for hydroxylation is 2. The molecular formula is C14H16N2O4S2. The summed E-state index contributed by atoms with van der Waals surface area (Å²) in [7, 11) is -3.82. The molecule has 1 aromatic heterocycles. The molecule has 1 aromatic carbocycles. The Hall–Kier alpha value is -1.93. The number of carboxylic acid groups (broad SMARTS) is 1. The van der Waals surface area contributed by atoms with Gasteiger partial charge >= 0.3 is 5.97 Å². The first-order valence-electron chi connectivity index (χ1n) is 6.47. The van der Waals surface area contributed by atoms with E-state index in [4.69, 9.17) is 5.11 Å². The largest absolute Gasteiger partial charge is 0.481 e. The molecule has 0 unspecified atom stereocenters. The number of aliphatic carboxylic acids is 1. The van der Waals surface area contributed by atoms with E-state index >= 15 is 0 Å². The van der Waals surface area contributed by atoms with Crippen LogP contribution in [0, 0.1) is 20.8 Å². The Morgan fingerprint density at radius 1 is 1.32 bits per heavy atom. The minimum atomic E-state index is -3.82. The van der Waals surface area contributed by atoms with Crippen LogP contribution < -0.4 is 4.72 Å². The van der Waals surface area contributed by atoms with Gasteiger partial charge in [-0.15, -0.1) is 0 Å². The zero-order valence-electron chi connectivity index (χ0n) is 12.4. The van der Waals surface area contributed by atoms with Crippen molar-refractivity contribution in [3.05, 3.63) is 39.8 Å². The first-order valence-corrected chi connectivity index (χ1v) is 8.79. The van der Waals surface area contributed by atoms with Gasteiger partial charge in [0, 0.05) is 5.38 Å². The van der Waals surface area contributed by atoms with Gasteiger partial charge in [0.2, 0.25) is 0 Å². The molecule has 0 bridgehead atoms. The number of benzene rings is 1. The summed E-state index contributed by atoms with van der Waals surface area (Å²) < 4.78 is 31.5. The maximum absolute atomic E-state index is 12.6. The highest BCUT2D eigenvalue weighted by Crippen LogP contribution is 2.28. The predicted molar refractivity (Wildman–Crippen MR) is 84.9 cm³/mol. The van der Waals surface area contributed by atoms with E-state index in [0.29, 0.717) is 16.7 Å². The fraction of sp³-hybridized carbons (Fsp3) is 0.286. The molecule has 0 aliphatic rings. The van der Waals surface area contributed by atoms with Gasteiger partial charge in [-0.2, -0.15) is 4.37 Å². The molecule has 0 radical (unpaired) electrons. The van der Waals surface area contributed by atoms with Crippen LogP contribution in [-0.2, 0) is 21.2 Å². The zero-order chi connectivity index (χ0) is 16.5. The summed E-state index contributed by atoms with van der Waals surface area (Å²) in [5.74, 6) is -0.741. The van der Waals surface area contributed by atoms with Gasteiger partial charge in [-0.1, -0.05) is 6.07 Å². The van der Waals surface area contributed by atoms with E-state index in [1.807, 2.05) is 0 Å². The summed E-state index contributed by atoms with van der Waals surface area (Å²) in [6.07, 6.45) is -0.211. The van der Waals surface area contributed by atoms with E-state index in [0.717, 1.165) is 17.1 Å². The number of anilines is 1. The highest BCUT2D eigenvalue weighted by Gasteiger charge is 2.24. The minimum Gasteiger partial charge on any atom is -0.481 e. The van der Waals surface area contributed by atoms with Crippen molar-refractivity contribution in [2.75, 3.05) is 4.72 Å². The summed E-state index contributed by atoms with van der Waals surface area (Å²) in [4.78, 5) is 11.1. The highest BCUT2D eigenvalue weighted by molar-refractivity contribution is 7.92. The number of carboxylic acids is 1. The van der Waals surface area contributed by atoms with E-state index in [-0.39, 0.29) is 17.1 Å². The van der Waals surface area contributed by atoms with Crippen LogP contribution in [0.15, 0.2) is 22.4 Å². The van der Waals surface area contributed by atoms with Gasteiger partial charge in [-0.05, 0) is 60.6 Å². The quantitative estimate of drug-likeness (QED) is 0.872. The normalized spacial score (nSPS) is 11.4. The molecule has 6 nitrogen and oxygen atoms in total. The van der Waals surface area contributed by atoms with Crippen molar-refractivity contribution in [2.24, 2.45) is 0 Å². The Kier molecular flexibility index (Phi) is 4.52. The van der Waals surface area contributed by atoms with E-state index in [2.05, 4.69) is 9.10 Å². The Morgan fingerprint density at radius 2 is 2.00 bits per heavy atom. The van der Waals surface area contributed by atoms with Crippen LogP contribution in [0.4, 0.5) is 5.82 Å². The monoisotopic (exact) mass is 340 g/mol. The number of aromatic nitrogens is 1. The number of rotatable bonds is 5. The number of carbonyl (C=O) groups is 1. The topological polar surface area (TPSA) is 96.4 Å². The molecule has 0 fully saturated rings. The van der Waals surface area contributed by atoms with Crippen molar-refractivity contribution in [2.45, 2.75) is 32.1 Å². The van der Waals surface area contributed by atoms with Crippen LogP contribution >= 0.6 is 11.5 Å². The van der Waals surface area contributed by atoms with Crippen molar-refractivity contribution in [3.63, 3.8) is 0 Å². The lowest BCUT2D eigenvalue weighted by molar-refractivity contribution is -0.136. The molecule has 0 amide bonds. The molecule has 0 aliphatic carbocycles. The van der Waals surface area contributed by atoms with Crippen molar-refractivity contribution < 1.29 is 18.3 Å². The van der Waals surface area contributed by atoms with Gasteiger partial charge < -0.3 is 5.11 Å². The molecule has 22 heavy (non-hydrogen) atoms. The van der Waals surface area contributed by atoms with Crippen LogP contribution in [0.25, 0.3) is 0 Å². The molecule has 0 saturated carbocycles. The molecule has 8 heteroatoms. The van der Waals surface area contributed by atoms with Crippen LogP contribution in [0.3, 0.4) is 0 Å². The van der Waals surface area contributed by atoms with E-state index in [1.54, 1.807) is 38.3 Å². The lowest BCUT2D eigenvalue weighted by Gasteiger charge is -2.17. The maximum atomic E-state index is 12.6. The molecule has 0 aliphatic heterocycles. The second-order valence-corrected chi connectivity index (χ2v) is 7.29. The molecular weight excluding hydrogens is 324 g/mol. The Bertz CT molecular complexity index is 812. The highest BCUT2D eigenvalue weighted by atomic mass is 32.2. The fourth-order valence-electron chi connectivity index (χ4n) is 2.50. The molecule has 1 heterocycles.